The first-order valence-corrected chi connectivity index (χ1v) is 7.88. The molecule has 3 rings (SSSR count). The number of hydrogen-bond acceptors (Lipinski definition) is 2. The van der Waals surface area contributed by atoms with Gasteiger partial charge in [0.05, 0.1) is 0 Å². The Morgan fingerprint density at radius 3 is 2.41 bits per heavy atom. The Morgan fingerprint density at radius 2 is 1.65 bits per heavy atom. The molecule has 0 spiro atoms. The molecule has 2 aliphatic heterocycles. The third-order valence-corrected chi connectivity index (χ3v) is 5.35. The average Bonchev–Trinajstić information content (AvgIpc) is 2.85. The summed E-state index contributed by atoms with van der Waals surface area (Å²) in [7, 11) is 0. The number of hydrogen-bond donors (Lipinski definition) is 0. The van der Waals surface area contributed by atoms with Crippen LogP contribution in [0.4, 0.5) is 0 Å². The molecule has 0 bridgehead atoms. The van der Waals surface area contributed by atoms with Crippen LogP contribution < -0.4 is 0 Å². The number of nitrogens with zero attached hydrogens (tertiary/aromatic N) is 2. The summed E-state index contributed by atoms with van der Waals surface area (Å²) in [5.74, 6) is 0. The van der Waals surface area contributed by atoms with Gasteiger partial charge in [-0.3, -0.25) is 9.80 Å². The Kier molecular flexibility index (Phi) is 3.72. The van der Waals surface area contributed by atoms with Crippen LogP contribution in [0.5, 0.6) is 0 Å². The van der Waals surface area contributed by atoms with Crippen LogP contribution in [0, 0.1) is 0 Å². The van der Waals surface area contributed by atoms with Crippen molar-refractivity contribution in [2.24, 2.45) is 0 Å². The Hall–Kier alpha value is -0.0800. The van der Waals surface area contributed by atoms with Gasteiger partial charge in [-0.25, -0.2) is 0 Å². The molecule has 2 heteroatoms. The summed E-state index contributed by atoms with van der Waals surface area (Å²) < 4.78 is 0. The maximum absolute atomic E-state index is 2.91. The van der Waals surface area contributed by atoms with Crippen molar-refractivity contribution >= 4 is 0 Å². The lowest BCUT2D eigenvalue weighted by Crippen LogP contribution is -2.59. The zero-order chi connectivity index (χ0) is 11.7. The topological polar surface area (TPSA) is 6.48 Å². The lowest BCUT2D eigenvalue weighted by molar-refractivity contribution is 0.00716. The van der Waals surface area contributed by atoms with Gasteiger partial charge in [0.1, 0.15) is 0 Å². The van der Waals surface area contributed by atoms with Gasteiger partial charge >= 0.3 is 0 Å². The normalized spacial score (nSPS) is 37.2. The van der Waals surface area contributed by atoms with Crippen molar-refractivity contribution in [1.29, 1.82) is 0 Å². The molecule has 2 nitrogen and oxygen atoms in total. The highest BCUT2D eigenvalue weighted by Gasteiger charge is 2.38. The molecule has 0 aromatic carbocycles. The summed E-state index contributed by atoms with van der Waals surface area (Å²) in [6.07, 6.45) is 11.6. The van der Waals surface area contributed by atoms with Crippen molar-refractivity contribution in [3.63, 3.8) is 0 Å². The van der Waals surface area contributed by atoms with Gasteiger partial charge in [0.25, 0.3) is 0 Å². The summed E-state index contributed by atoms with van der Waals surface area (Å²) in [5.41, 5.74) is 0. The van der Waals surface area contributed by atoms with Crippen molar-refractivity contribution in [1.82, 2.24) is 9.80 Å². The minimum atomic E-state index is 0.854. The minimum Gasteiger partial charge on any atom is -0.298 e. The summed E-state index contributed by atoms with van der Waals surface area (Å²) in [6.45, 7) is 6.50. The fraction of sp³-hybridized carbons (Fsp3) is 1.00. The van der Waals surface area contributed by atoms with Gasteiger partial charge < -0.3 is 0 Å². The maximum Gasteiger partial charge on any atom is 0.0224 e. The molecule has 2 unspecified atom stereocenters. The van der Waals surface area contributed by atoms with E-state index in [1.807, 2.05) is 0 Å². The smallest absolute Gasteiger partial charge is 0.0224 e. The third kappa shape index (κ3) is 2.39. The molecule has 1 aliphatic carbocycles. The van der Waals surface area contributed by atoms with E-state index < -0.39 is 0 Å². The van der Waals surface area contributed by atoms with E-state index in [-0.39, 0.29) is 0 Å². The highest BCUT2D eigenvalue weighted by molar-refractivity contribution is 4.94. The molecule has 1 saturated carbocycles. The average molecular weight is 236 g/mol. The van der Waals surface area contributed by atoms with Gasteiger partial charge in [0, 0.05) is 31.2 Å². The van der Waals surface area contributed by atoms with Crippen molar-refractivity contribution in [3.05, 3.63) is 0 Å². The second kappa shape index (κ2) is 5.27. The monoisotopic (exact) mass is 236 g/mol. The quantitative estimate of drug-likeness (QED) is 0.727. The van der Waals surface area contributed by atoms with Crippen molar-refractivity contribution in [3.8, 4) is 0 Å². The van der Waals surface area contributed by atoms with Gasteiger partial charge in [-0.1, -0.05) is 26.2 Å². The highest BCUT2D eigenvalue weighted by Crippen LogP contribution is 2.31. The van der Waals surface area contributed by atoms with Crippen LogP contribution in [0.2, 0.25) is 0 Å². The molecule has 0 N–H and O–H groups in total. The lowest BCUT2D eigenvalue weighted by atomic mass is 9.91. The summed E-state index contributed by atoms with van der Waals surface area (Å²) in [5, 5.41) is 0. The minimum absolute atomic E-state index is 0.854. The molecule has 0 amide bonds. The molecule has 3 fully saturated rings. The molecule has 2 atom stereocenters. The second-order valence-electron chi connectivity index (χ2n) is 6.34. The molecule has 0 aromatic heterocycles. The van der Waals surface area contributed by atoms with E-state index in [2.05, 4.69) is 16.7 Å². The van der Waals surface area contributed by atoms with Crippen LogP contribution in [-0.2, 0) is 0 Å². The van der Waals surface area contributed by atoms with Gasteiger partial charge in [-0.2, -0.15) is 0 Å². The molecule has 98 valence electrons. The molecule has 3 aliphatic rings. The Labute approximate surface area is 106 Å². The molecule has 0 radical (unpaired) electrons. The molecule has 17 heavy (non-hydrogen) atoms. The van der Waals surface area contributed by atoms with Crippen LogP contribution in [-0.4, -0.2) is 47.6 Å². The van der Waals surface area contributed by atoms with E-state index in [9.17, 15) is 0 Å². The first-order valence-electron chi connectivity index (χ1n) is 7.88. The van der Waals surface area contributed by atoms with Crippen LogP contribution >= 0.6 is 0 Å². The molecule has 0 aromatic rings. The molecular weight excluding hydrogens is 208 g/mol. The van der Waals surface area contributed by atoms with Gasteiger partial charge in [-0.15, -0.1) is 0 Å². The van der Waals surface area contributed by atoms with E-state index >= 15 is 0 Å². The van der Waals surface area contributed by atoms with Crippen LogP contribution in [0.1, 0.15) is 58.3 Å². The van der Waals surface area contributed by atoms with Crippen LogP contribution in [0.3, 0.4) is 0 Å². The van der Waals surface area contributed by atoms with E-state index in [0.717, 1.165) is 18.1 Å². The number of piperazine rings is 1. The largest absolute Gasteiger partial charge is 0.298 e. The van der Waals surface area contributed by atoms with E-state index in [1.54, 1.807) is 0 Å². The fourth-order valence-electron chi connectivity index (χ4n) is 4.33. The number of rotatable bonds is 2. The summed E-state index contributed by atoms with van der Waals surface area (Å²) in [4.78, 5) is 5.68. The standard InChI is InChI=1S/C15H28N2/c1-2-13-11-16-10-6-9-15(16)12-17(13)14-7-4-3-5-8-14/h13-15H,2-12H2,1H3. The van der Waals surface area contributed by atoms with Gasteiger partial charge in [0.2, 0.25) is 0 Å². The lowest BCUT2D eigenvalue weighted by Gasteiger charge is -2.48. The second-order valence-corrected chi connectivity index (χ2v) is 6.34. The maximum atomic E-state index is 2.91. The summed E-state index contributed by atoms with van der Waals surface area (Å²) >= 11 is 0. The first-order chi connectivity index (χ1) is 8.38. The Morgan fingerprint density at radius 1 is 0.882 bits per heavy atom. The fourth-order valence-corrected chi connectivity index (χ4v) is 4.33. The van der Waals surface area contributed by atoms with Crippen molar-refractivity contribution in [2.45, 2.75) is 76.4 Å². The Bertz CT molecular complexity index is 247. The molecule has 2 saturated heterocycles. The van der Waals surface area contributed by atoms with Crippen LogP contribution in [0.25, 0.3) is 0 Å². The highest BCUT2D eigenvalue weighted by atomic mass is 15.3. The van der Waals surface area contributed by atoms with Crippen LogP contribution in [0.15, 0.2) is 0 Å². The van der Waals surface area contributed by atoms with E-state index in [0.29, 0.717) is 0 Å². The van der Waals surface area contributed by atoms with Gasteiger partial charge in [-0.05, 0) is 38.6 Å². The SMILES string of the molecule is CCC1CN2CCCC2CN1C1CCCCC1. The van der Waals surface area contributed by atoms with E-state index in [1.165, 1.54) is 71.0 Å². The predicted molar refractivity (Wildman–Crippen MR) is 72.3 cm³/mol. The van der Waals surface area contributed by atoms with Crippen molar-refractivity contribution < 1.29 is 0 Å². The zero-order valence-electron chi connectivity index (χ0n) is 11.4. The van der Waals surface area contributed by atoms with Gasteiger partial charge in [0.15, 0.2) is 0 Å². The molecular formula is C15H28N2. The molecule has 2 heterocycles. The predicted octanol–water partition coefficient (Wildman–Crippen LogP) is 2.88. The van der Waals surface area contributed by atoms with Crippen molar-refractivity contribution in [2.75, 3.05) is 19.6 Å². The first kappa shape index (κ1) is 12.0. The zero-order valence-corrected chi connectivity index (χ0v) is 11.4. The number of fused-ring (bicyclic) bond motifs is 1. The summed E-state index contributed by atoms with van der Waals surface area (Å²) in [6, 6.07) is 2.68. The third-order valence-electron chi connectivity index (χ3n) is 5.35. The Balaban J connectivity index is 1.67. The van der Waals surface area contributed by atoms with E-state index in [4.69, 9.17) is 0 Å².